The molecule has 0 atom stereocenters. The highest BCUT2D eigenvalue weighted by Gasteiger charge is 2.28. The first-order valence-corrected chi connectivity index (χ1v) is 6.23. The molecule has 88 valence electrons. The van der Waals surface area contributed by atoms with Gasteiger partial charge in [-0.25, -0.2) is 4.42 Å². The molecular formula is C11H12BrCl2NO. The van der Waals surface area contributed by atoms with Crippen LogP contribution in [0.4, 0.5) is 0 Å². The summed E-state index contributed by atoms with van der Waals surface area (Å²) in [5, 5.41) is 0.605. The number of carbonyl (C=O) groups is 1. The zero-order valence-electron chi connectivity index (χ0n) is 9.01. The predicted octanol–water partition coefficient (Wildman–Crippen LogP) is 4.00. The first-order chi connectivity index (χ1) is 7.32. The maximum absolute atomic E-state index is 11.8. The van der Waals surface area contributed by atoms with Gasteiger partial charge in [-0.2, -0.15) is 0 Å². The van der Waals surface area contributed by atoms with Gasteiger partial charge in [0.05, 0.1) is 10.9 Å². The molecule has 2 nitrogen and oxygen atoms in total. The molecule has 0 spiro atoms. The van der Waals surface area contributed by atoms with Crippen LogP contribution in [-0.4, -0.2) is 14.7 Å². The largest absolute Gasteiger partial charge is 0.272 e. The lowest BCUT2D eigenvalue weighted by Crippen LogP contribution is -2.35. The number of hydrogen-bond donors (Lipinski definition) is 0. The number of benzene rings is 1. The average Bonchev–Trinajstić information content (AvgIpc) is 2.19. The Kier molecular flexibility index (Phi) is 4.65. The van der Waals surface area contributed by atoms with Gasteiger partial charge in [0.2, 0.25) is 0 Å². The zero-order valence-corrected chi connectivity index (χ0v) is 12.1. The highest BCUT2D eigenvalue weighted by molar-refractivity contribution is 9.10. The van der Waals surface area contributed by atoms with Crippen molar-refractivity contribution < 1.29 is 4.79 Å². The van der Waals surface area contributed by atoms with E-state index >= 15 is 0 Å². The van der Waals surface area contributed by atoms with Crippen molar-refractivity contribution in [1.29, 1.82) is 0 Å². The lowest BCUT2D eigenvalue weighted by Gasteiger charge is -2.22. The van der Waals surface area contributed by atoms with Crippen molar-refractivity contribution >= 4 is 45.2 Å². The number of carbonyl (C=O) groups excluding carboxylic acids is 1. The smallest absolute Gasteiger partial charge is 0.253 e. The molecule has 1 aromatic rings. The van der Waals surface area contributed by atoms with Crippen molar-refractivity contribution in [2.24, 2.45) is 0 Å². The topological polar surface area (TPSA) is 20.3 Å². The highest BCUT2D eigenvalue weighted by atomic mass is 79.9. The van der Waals surface area contributed by atoms with Gasteiger partial charge in [0, 0.05) is 16.8 Å². The Morgan fingerprint density at radius 3 is 2.50 bits per heavy atom. The zero-order chi connectivity index (χ0) is 12.3. The molecule has 1 aromatic carbocycles. The second-order valence-corrected chi connectivity index (χ2v) is 6.69. The van der Waals surface area contributed by atoms with Crippen LogP contribution in [-0.2, 0) is 11.3 Å². The molecule has 0 heterocycles. The summed E-state index contributed by atoms with van der Waals surface area (Å²) in [4.78, 5) is 11.8. The lowest BCUT2D eigenvalue weighted by atomic mass is 10.2. The average molecular weight is 325 g/mol. The first kappa shape index (κ1) is 13.8. The maximum Gasteiger partial charge on any atom is 0.253 e. The van der Waals surface area contributed by atoms with Crippen molar-refractivity contribution in [3.8, 4) is 0 Å². The van der Waals surface area contributed by atoms with Crippen molar-refractivity contribution in [2.75, 3.05) is 0 Å². The molecule has 0 saturated carbocycles. The summed E-state index contributed by atoms with van der Waals surface area (Å²) < 4.78 is 0.464. The van der Waals surface area contributed by atoms with Gasteiger partial charge in [-0.3, -0.25) is 4.79 Å². The van der Waals surface area contributed by atoms with Crippen molar-refractivity contribution in [1.82, 2.24) is 4.42 Å². The Morgan fingerprint density at radius 1 is 1.44 bits per heavy atom. The van der Waals surface area contributed by atoms with Crippen molar-refractivity contribution in [3.05, 3.63) is 34.9 Å². The van der Waals surface area contributed by atoms with E-state index in [1.807, 2.05) is 18.2 Å². The second kappa shape index (κ2) is 5.39. The normalized spacial score (nSPS) is 11.3. The van der Waals surface area contributed by atoms with Crippen molar-refractivity contribution in [2.45, 2.75) is 24.7 Å². The van der Waals surface area contributed by atoms with E-state index in [4.69, 9.17) is 23.4 Å². The third-order valence-corrected chi connectivity index (χ3v) is 2.98. The summed E-state index contributed by atoms with van der Waals surface area (Å²) in [6.07, 6.45) is 0. The number of amides is 1. The van der Waals surface area contributed by atoms with E-state index in [0.717, 1.165) is 9.98 Å². The third-order valence-electron chi connectivity index (χ3n) is 2.00. The highest BCUT2D eigenvalue weighted by Crippen LogP contribution is 2.24. The molecule has 16 heavy (non-hydrogen) atoms. The second-order valence-electron chi connectivity index (χ2n) is 3.89. The van der Waals surface area contributed by atoms with E-state index in [2.05, 4.69) is 15.9 Å². The molecule has 0 unspecified atom stereocenters. The summed E-state index contributed by atoms with van der Waals surface area (Å²) in [5.41, 5.74) is 0.823. The van der Waals surface area contributed by atoms with E-state index in [1.54, 1.807) is 19.9 Å². The Balaban J connectivity index is 2.76. The van der Waals surface area contributed by atoms with Gasteiger partial charge in [0.25, 0.3) is 5.91 Å². The number of nitrogens with zero attached hydrogens (tertiary/aromatic N) is 1. The van der Waals surface area contributed by atoms with E-state index in [9.17, 15) is 4.79 Å². The van der Waals surface area contributed by atoms with Crippen LogP contribution in [0.2, 0.25) is 5.02 Å². The van der Waals surface area contributed by atoms with Gasteiger partial charge >= 0.3 is 0 Å². The Bertz CT molecular complexity index is 390. The van der Waals surface area contributed by atoms with Crippen LogP contribution in [0.1, 0.15) is 19.4 Å². The molecule has 0 bridgehead atoms. The van der Waals surface area contributed by atoms with Crippen LogP contribution < -0.4 is 0 Å². The molecule has 0 fully saturated rings. The first-order valence-electron chi connectivity index (χ1n) is 4.72. The Morgan fingerprint density at radius 2 is 2.00 bits per heavy atom. The number of halogens is 3. The Hall–Kier alpha value is -0.250. The molecule has 0 aliphatic heterocycles. The van der Waals surface area contributed by atoms with Gasteiger partial charge < -0.3 is 0 Å². The molecule has 0 aliphatic rings. The van der Waals surface area contributed by atoms with Gasteiger partial charge in [0.15, 0.2) is 0 Å². The van der Waals surface area contributed by atoms with Crippen LogP contribution >= 0.6 is 39.3 Å². The SMILES string of the molecule is CC(C)(Br)C(=O)N(Cl)Cc1ccccc1Cl. The fourth-order valence-electron chi connectivity index (χ4n) is 1.14. The molecule has 0 N–H and O–H groups in total. The lowest BCUT2D eigenvalue weighted by molar-refractivity contribution is -0.128. The van der Waals surface area contributed by atoms with Gasteiger partial charge in [-0.1, -0.05) is 45.7 Å². The Labute approximate surface area is 114 Å². The molecule has 0 saturated heterocycles. The molecule has 0 aromatic heterocycles. The number of rotatable bonds is 3. The summed E-state index contributed by atoms with van der Waals surface area (Å²) in [7, 11) is 0. The van der Waals surface area contributed by atoms with Gasteiger partial charge in [-0.15, -0.1) is 0 Å². The quantitative estimate of drug-likeness (QED) is 0.608. The number of alkyl halides is 1. The van der Waals surface area contributed by atoms with E-state index < -0.39 is 4.32 Å². The van der Waals surface area contributed by atoms with Crippen LogP contribution in [0.3, 0.4) is 0 Å². The molecule has 1 amide bonds. The van der Waals surface area contributed by atoms with Crippen LogP contribution in [0.5, 0.6) is 0 Å². The predicted molar refractivity (Wildman–Crippen MR) is 70.9 cm³/mol. The van der Waals surface area contributed by atoms with E-state index in [-0.39, 0.29) is 12.5 Å². The molecule has 1 rings (SSSR count). The van der Waals surface area contributed by atoms with Gasteiger partial charge in [-0.05, 0) is 25.5 Å². The summed E-state index contributed by atoms with van der Waals surface area (Å²) in [6, 6.07) is 7.30. The minimum absolute atomic E-state index is 0.200. The van der Waals surface area contributed by atoms with Crippen LogP contribution in [0, 0.1) is 0 Å². The number of hydrogen-bond acceptors (Lipinski definition) is 1. The summed E-state index contributed by atoms with van der Waals surface area (Å²) >= 11 is 15.2. The minimum atomic E-state index is -0.671. The minimum Gasteiger partial charge on any atom is -0.272 e. The molecule has 0 radical (unpaired) electrons. The van der Waals surface area contributed by atoms with Gasteiger partial charge in [0.1, 0.15) is 0 Å². The third kappa shape index (κ3) is 3.65. The summed E-state index contributed by atoms with van der Waals surface area (Å²) in [6.45, 7) is 3.78. The molecule has 5 heteroatoms. The summed E-state index contributed by atoms with van der Waals surface area (Å²) in [5.74, 6) is -0.200. The van der Waals surface area contributed by atoms with Crippen LogP contribution in [0.15, 0.2) is 24.3 Å². The monoisotopic (exact) mass is 323 g/mol. The van der Waals surface area contributed by atoms with Crippen molar-refractivity contribution in [3.63, 3.8) is 0 Å². The molecule has 0 aliphatic carbocycles. The molecular weight excluding hydrogens is 313 g/mol. The fraction of sp³-hybridized carbons (Fsp3) is 0.364. The fourth-order valence-corrected chi connectivity index (χ4v) is 1.99. The van der Waals surface area contributed by atoms with E-state index in [0.29, 0.717) is 5.02 Å². The maximum atomic E-state index is 11.8. The van der Waals surface area contributed by atoms with Crippen LogP contribution in [0.25, 0.3) is 0 Å². The van der Waals surface area contributed by atoms with E-state index in [1.165, 1.54) is 0 Å². The standard InChI is InChI=1S/C11H12BrCl2NO/c1-11(2,12)10(16)15(14)7-8-5-3-4-6-9(8)13/h3-6H,7H2,1-2H3.